The first-order chi connectivity index (χ1) is 9.63. The molecular weight excluding hydrogens is 344 g/mol. The van der Waals surface area contributed by atoms with Gasteiger partial charge in [0.1, 0.15) is 16.9 Å². The van der Waals surface area contributed by atoms with Crippen molar-refractivity contribution >= 4 is 44.8 Å². The molecule has 3 aromatic rings. The minimum absolute atomic E-state index is 0.219. The van der Waals surface area contributed by atoms with E-state index in [2.05, 4.69) is 35.9 Å². The van der Waals surface area contributed by atoms with Crippen LogP contribution in [0.1, 0.15) is 10.4 Å². The lowest BCUT2D eigenvalue weighted by Gasteiger charge is -2.04. The van der Waals surface area contributed by atoms with Gasteiger partial charge in [-0.05, 0) is 18.2 Å². The first-order valence-corrected chi connectivity index (χ1v) is 7.10. The molecule has 0 radical (unpaired) electrons. The van der Waals surface area contributed by atoms with E-state index >= 15 is 0 Å². The van der Waals surface area contributed by atoms with Gasteiger partial charge >= 0.3 is 5.97 Å². The molecule has 2 N–H and O–H groups in total. The van der Waals surface area contributed by atoms with E-state index < -0.39 is 5.97 Å². The second kappa shape index (κ2) is 5.22. The van der Waals surface area contributed by atoms with E-state index in [1.807, 2.05) is 6.07 Å². The molecule has 0 aliphatic heterocycles. The highest BCUT2D eigenvalue weighted by atomic mass is 79.9. The van der Waals surface area contributed by atoms with Gasteiger partial charge in [-0.1, -0.05) is 27.7 Å². The number of benzene rings is 1. The first kappa shape index (κ1) is 13.1. The number of imidazole rings is 1. The number of fused-ring (bicyclic) bond motifs is 1. The number of hydrogen-bond donors (Lipinski definition) is 2. The van der Waals surface area contributed by atoms with Gasteiger partial charge in [0.15, 0.2) is 5.65 Å². The fraction of sp³-hybridized carbons (Fsp3) is 0. The van der Waals surface area contributed by atoms with E-state index in [-0.39, 0.29) is 5.56 Å². The van der Waals surface area contributed by atoms with Crippen LogP contribution in [0.3, 0.4) is 0 Å². The van der Waals surface area contributed by atoms with Crippen molar-refractivity contribution in [2.75, 3.05) is 0 Å². The molecule has 20 heavy (non-hydrogen) atoms. The molecule has 2 heterocycles. The summed E-state index contributed by atoms with van der Waals surface area (Å²) in [6.45, 7) is 0. The number of carboxylic acids is 1. The van der Waals surface area contributed by atoms with Crippen LogP contribution < -0.4 is 0 Å². The zero-order valence-corrected chi connectivity index (χ0v) is 12.3. The Bertz CT molecular complexity index is 805. The first-order valence-electron chi connectivity index (χ1n) is 5.49. The van der Waals surface area contributed by atoms with Crippen molar-refractivity contribution in [3.8, 4) is 0 Å². The van der Waals surface area contributed by atoms with Crippen LogP contribution in [0.2, 0.25) is 0 Å². The van der Waals surface area contributed by atoms with Gasteiger partial charge < -0.3 is 10.1 Å². The lowest BCUT2D eigenvalue weighted by molar-refractivity contribution is 0.0696. The van der Waals surface area contributed by atoms with Gasteiger partial charge in [0.05, 0.1) is 11.9 Å². The summed E-state index contributed by atoms with van der Waals surface area (Å²) in [5, 5.41) is 9.76. The summed E-state index contributed by atoms with van der Waals surface area (Å²) in [5.41, 5.74) is 1.53. The highest BCUT2D eigenvalue weighted by molar-refractivity contribution is 9.10. The van der Waals surface area contributed by atoms with Gasteiger partial charge in [-0.25, -0.2) is 19.7 Å². The fourth-order valence-electron chi connectivity index (χ4n) is 1.68. The number of aromatic nitrogens is 4. The predicted octanol–water partition coefficient (Wildman–Crippen LogP) is 2.96. The van der Waals surface area contributed by atoms with Crippen molar-refractivity contribution in [1.29, 1.82) is 0 Å². The van der Waals surface area contributed by atoms with E-state index in [9.17, 15) is 4.79 Å². The maximum absolute atomic E-state index is 11.1. The lowest BCUT2D eigenvalue weighted by Crippen LogP contribution is -1.96. The van der Waals surface area contributed by atoms with E-state index in [1.165, 1.54) is 18.1 Å². The molecule has 2 aromatic heterocycles. The molecular formula is C12H7BrN4O2S. The van der Waals surface area contributed by atoms with Crippen molar-refractivity contribution in [2.45, 2.75) is 9.92 Å². The van der Waals surface area contributed by atoms with Crippen molar-refractivity contribution in [2.24, 2.45) is 0 Å². The average molecular weight is 351 g/mol. The van der Waals surface area contributed by atoms with Crippen molar-refractivity contribution in [3.63, 3.8) is 0 Å². The second-order valence-electron chi connectivity index (χ2n) is 3.86. The van der Waals surface area contributed by atoms with Crippen LogP contribution >= 0.6 is 27.7 Å². The molecule has 0 aliphatic carbocycles. The van der Waals surface area contributed by atoms with Crippen LogP contribution in [0, 0.1) is 0 Å². The molecule has 100 valence electrons. The Morgan fingerprint density at radius 1 is 1.25 bits per heavy atom. The van der Waals surface area contributed by atoms with E-state index in [0.717, 1.165) is 10.4 Å². The number of nitrogens with one attached hydrogen (secondary N) is 1. The summed E-state index contributed by atoms with van der Waals surface area (Å²) < 4.78 is 0.704. The summed E-state index contributed by atoms with van der Waals surface area (Å²) in [6.07, 6.45) is 2.98. The summed E-state index contributed by atoms with van der Waals surface area (Å²) in [7, 11) is 0. The Morgan fingerprint density at radius 3 is 2.90 bits per heavy atom. The molecule has 0 unspecified atom stereocenters. The third kappa shape index (κ3) is 2.52. The molecule has 0 aliphatic rings. The van der Waals surface area contributed by atoms with Crippen LogP contribution in [0.5, 0.6) is 0 Å². The Morgan fingerprint density at radius 2 is 2.10 bits per heavy atom. The standard InChI is InChI=1S/C12H7BrN4O2S/c13-7-1-6(12(18)19)2-8(3-7)20-11-9-10(15-4-14-9)16-5-17-11/h1-5H,(H,18,19)(H,14,15,16,17). The molecule has 8 heteroatoms. The van der Waals surface area contributed by atoms with E-state index in [4.69, 9.17) is 5.11 Å². The molecule has 0 atom stereocenters. The predicted molar refractivity (Wildman–Crippen MR) is 76.9 cm³/mol. The van der Waals surface area contributed by atoms with Crippen molar-refractivity contribution < 1.29 is 9.90 Å². The average Bonchev–Trinajstić information content (AvgIpc) is 2.87. The van der Waals surface area contributed by atoms with Gasteiger partial charge in [0, 0.05) is 9.37 Å². The van der Waals surface area contributed by atoms with E-state index in [1.54, 1.807) is 18.5 Å². The topological polar surface area (TPSA) is 91.8 Å². The number of halogens is 1. The monoisotopic (exact) mass is 350 g/mol. The molecule has 0 bridgehead atoms. The van der Waals surface area contributed by atoms with Crippen LogP contribution in [0.25, 0.3) is 11.2 Å². The largest absolute Gasteiger partial charge is 0.478 e. The molecule has 0 spiro atoms. The van der Waals surface area contributed by atoms with Crippen molar-refractivity contribution in [1.82, 2.24) is 19.9 Å². The minimum Gasteiger partial charge on any atom is -0.478 e. The van der Waals surface area contributed by atoms with Gasteiger partial charge in [-0.2, -0.15) is 0 Å². The number of carbonyl (C=O) groups is 1. The molecule has 0 fully saturated rings. The maximum atomic E-state index is 11.1. The zero-order chi connectivity index (χ0) is 14.1. The highest BCUT2D eigenvalue weighted by Crippen LogP contribution is 2.32. The lowest BCUT2D eigenvalue weighted by atomic mass is 10.2. The number of rotatable bonds is 3. The van der Waals surface area contributed by atoms with Crippen molar-refractivity contribution in [3.05, 3.63) is 40.9 Å². The molecule has 6 nitrogen and oxygen atoms in total. The molecule has 1 aromatic carbocycles. The van der Waals surface area contributed by atoms with Crippen LogP contribution in [0.4, 0.5) is 0 Å². The third-order valence-corrected chi connectivity index (χ3v) is 3.95. The fourth-order valence-corrected chi connectivity index (χ4v) is 3.27. The van der Waals surface area contributed by atoms with Crippen LogP contribution in [-0.2, 0) is 0 Å². The minimum atomic E-state index is -0.970. The number of aromatic amines is 1. The second-order valence-corrected chi connectivity index (χ2v) is 5.84. The summed E-state index contributed by atoms with van der Waals surface area (Å²) >= 11 is 4.66. The SMILES string of the molecule is O=C(O)c1cc(Br)cc(Sc2ncnc3nc[nH]c23)c1. The number of H-pyrrole nitrogens is 1. The number of nitrogens with zero attached hydrogens (tertiary/aromatic N) is 3. The van der Waals surface area contributed by atoms with Crippen LogP contribution in [0.15, 0.2) is 45.2 Å². The molecule has 0 saturated heterocycles. The normalized spacial score (nSPS) is 10.8. The Kier molecular flexibility index (Phi) is 3.41. The number of aromatic carboxylic acids is 1. The third-order valence-electron chi connectivity index (χ3n) is 2.52. The number of carboxylic acid groups (broad SMARTS) is 1. The zero-order valence-electron chi connectivity index (χ0n) is 9.87. The van der Waals surface area contributed by atoms with Gasteiger partial charge in [-0.3, -0.25) is 0 Å². The van der Waals surface area contributed by atoms with Gasteiger partial charge in [0.25, 0.3) is 0 Å². The van der Waals surface area contributed by atoms with Gasteiger partial charge in [0.2, 0.25) is 0 Å². The highest BCUT2D eigenvalue weighted by Gasteiger charge is 2.11. The quantitative estimate of drug-likeness (QED) is 0.705. The summed E-state index contributed by atoms with van der Waals surface area (Å²) in [6, 6.07) is 4.99. The maximum Gasteiger partial charge on any atom is 0.335 e. The smallest absolute Gasteiger partial charge is 0.335 e. The van der Waals surface area contributed by atoms with Crippen LogP contribution in [-0.4, -0.2) is 31.0 Å². The van der Waals surface area contributed by atoms with E-state index in [0.29, 0.717) is 15.1 Å². The Labute approximate surface area is 125 Å². The Hall–Kier alpha value is -1.93. The number of hydrogen-bond acceptors (Lipinski definition) is 5. The Balaban J connectivity index is 2.02. The summed E-state index contributed by atoms with van der Waals surface area (Å²) in [4.78, 5) is 27.1. The molecule has 0 amide bonds. The molecule has 0 saturated carbocycles. The molecule has 3 rings (SSSR count). The summed E-state index contributed by atoms with van der Waals surface area (Å²) in [5.74, 6) is -0.970. The van der Waals surface area contributed by atoms with Gasteiger partial charge in [-0.15, -0.1) is 0 Å².